The maximum atomic E-state index is 11.6. The van der Waals surface area contributed by atoms with Crippen molar-refractivity contribution >= 4 is 5.78 Å². The summed E-state index contributed by atoms with van der Waals surface area (Å²) in [5.41, 5.74) is 1.66. The number of Topliss-reactive ketones (excluding diaryl/α,β-unsaturated/α-hetero) is 1. The summed E-state index contributed by atoms with van der Waals surface area (Å²) < 4.78 is 4.85. The van der Waals surface area contributed by atoms with E-state index in [1.165, 1.54) is 12.5 Å². The summed E-state index contributed by atoms with van der Waals surface area (Å²) in [6.07, 6.45) is 3.42. The number of benzene rings is 1. The summed E-state index contributed by atoms with van der Waals surface area (Å²) >= 11 is 0. The second-order valence-corrected chi connectivity index (χ2v) is 3.10. The van der Waals surface area contributed by atoms with E-state index in [0.717, 1.165) is 5.56 Å². The molecule has 2 rings (SSSR count). The van der Waals surface area contributed by atoms with Gasteiger partial charge >= 0.3 is 0 Å². The van der Waals surface area contributed by atoms with Gasteiger partial charge in [-0.3, -0.25) is 4.79 Å². The van der Waals surface area contributed by atoms with Gasteiger partial charge in [-0.15, -0.1) is 0 Å². The second-order valence-electron chi connectivity index (χ2n) is 3.10. The predicted molar refractivity (Wildman–Crippen MR) is 53.2 cm³/mol. The minimum Gasteiger partial charge on any atom is -0.472 e. The molecule has 0 saturated heterocycles. The van der Waals surface area contributed by atoms with E-state index in [0.29, 0.717) is 12.0 Å². The first-order chi connectivity index (χ1) is 6.86. The first-order valence-corrected chi connectivity index (χ1v) is 4.45. The fourth-order valence-electron chi connectivity index (χ4n) is 1.31. The highest BCUT2D eigenvalue weighted by molar-refractivity contribution is 5.97. The van der Waals surface area contributed by atoms with Crippen molar-refractivity contribution in [3.8, 4) is 0 Å². The van der Waals surface area contributed by atoms with Gasteiger partial charge in [-0.25, -0.2) is 0 Å². The molecule has 2 nitrogen and oxygen atoms in total. The third-order valence-corrected chi connectivity index (χ3v) is 2.05. The van der Waals surface area contributed by atoms with Crippen LogP contribution in [-0.4, -0.2) is 5.78 Å². The Morgan fingerprint density at radius 2 is 1.93 bits per heavy atom. The van der Waals surface area contributed by atoms with Crippen molar-refractivity contribution in [2.75, 3.05) is 0 Å². The Kier molecular flexibility index (Phi) is 2.45. The third kappa shape index (κ3) is 1.91. The van der Waals surface area contributed by atoms with Crippen molar-refractivity contribution in [1.82, 2.24) is 0 Å². The Balaban J connectivity index is 2.10. The van der Waals surface area contributed by atoms with Gasteiger partial charge in [0.1, 0.15) is 6.26 Å². The summed E-state index contributed by atoms with van der Waals surface area (Å²) in [6.45, 7) is 0. The quantitative estimate of drug-likeness (QED) is 0.690. The van der Waals surface area contributed by atoms with Crippen molar-refractivity contribution in [1.29, 1.82) is 0 Å². The average Bonchev–Trinajstić information content (AvgIpc) is 2.72. The Bertz CT molecular complexity index is 401. The highest BCUT2D eigenvalue weighted by Gasteiger charge is 2.07. The van der Waals surface area contributed by atoms with E-state index < -0.39 is 0 Å². The van der Waals surface area contributed by atoms with Crippen molar-refractivity contribution in [2.24, 2.45) is 0 Å². The highest BCUT2D eigenvalue weighted by Crippen LogP contribution is 2.07. The molecular formula is C12H10O2. The molecule has 0 fully saturated rings. The first-order valence-electron chi connectivity index (χ1n) is 4.45. The van der Waals surface area contributed by atoms with Gasteiger partial charge in [0.05, 0.1) is 11.8 Å². The molecule has 0 saturated carbocycles. The van der Waals surface area contributed by atoms with Crippen LogP contribution in [0.1, 0.15) is 15.9 Å². The molecule has 1 heterocycles. The monoisotopic (exact) mass is 186 g/mol. The van der Waals surface area contributed by atoms with Crippen molar-refractivity contribution < 1.29 is 9.21 Å². The van der Waals surface area contributed by atoms with Crippen LogP contribution in [0.25, 0.3) is 0 Å². The first kappa shape index (κ1) is 8.75. The molecule has 70 valence electrons. The number of ketones is 1. The van der Waals surface area contributed by atoms with Crippen molar-refractivity contribution in [2.45, 2.75) is 6.42 Å². The SMILES string of the molecule is O=C(Cc1ccccc1)c1ccoc1. The molecule has 0 amide bonds. The van der Waals surface area contributed by atoms with Gasteiger partial charge in [0.25, 0.3) is 0 Å². The van der Waals surface area contributed by atoms with E-state index in [-0.39, 0.29) is 5.78 Å². The summed E-state index contributed by atoms with van der Waals surface area (Å²) in [7, 11) is 0. The predicted octanol–water partition coefficient (Wildman–Crippen LogP) is 2.71. The average molecular weight is 186 g/mol. The van der Waals surface area contributed by atoms with Crippen LogP contribution in [-0.2, 0) is 6.42 Å². The Morgan fingerprint density at radius 1 is 1.14 bits per heavy atom. The molecule has 0 bridgehead atoms. The van der Waals surface area contributed by atoms with Crippen LogP contribution in [0.5, 0.6) is 0 Å². The third-order valence-electron chi connectivity index (χ3n) is 2.05. The van der Waals surface area contributed by atoms with Gasteiger partial charge < -0.3 is 4.42 Å². The van der Waals surface area contributed by atoms with E-state index in [1.807, 2.05) is 30.3 Å². The van der Waals surface area contributed by atoms with Crippen molar-refractivity contribution in [3.05, 3.63) is 60.1 Å². The van der Waals surface area contributed by atoms with Crippen LogP contribution in [0.4, 0.5) is 0 Å². The molecule has 2 heteroatoms. The van der Waals surface area contributed by atoms with Gasteiger partial charge in [-0.2, -0.15) is 0 Å². The molecule has 0 spiro atoms. The number of rotatable bonds is 3. The molecule has 0 aliphatic heterocycles. The van der Waals surface area contributed by atoms with E-state index >= 15 is 0 Å². The topological polar surface area (TPSA) is 30.2 Å². The zero-order valence-electron chi connectivity index (χ0n) is 7.64. The number of carbonyl (C=O) groups is 1. The maximum absolute atomic E-state index is 11.6. The van der Waals surface area contributed by atoms with E-state index in [9.17, 15) is 4.79 Å². The summed E-state index contributed by atoms with van der Waals surface area (Å²) in [6, 6.07) is 11.4. The molecule has 0 N–H and O–H groups in total. The van der Waals surface area contributed by atoms with Gasteiger partial charge in [0.2, 0.25) is 0 Å². The zero-order valence-corrected chi connectivity index (χ0v) is 7.64. The minimum absolute atomic E-state index is 0.0879. The molecule has 2 aromatic rings. The van der Waals surface area contributed by atoms with E-state index in [4.69, 9.17) is 4.42 Å². The van der Waals surface area contributed by atoms with Crippen molar-refractivity contribution in [3.63, 3.8) is 0 Å². The zero-order chi connectivity index (χ0) is 9.80. The van der Waals surface area contributed by atoms with Crippen LogP contribution in [0, 0.1) is 0 Å². The van der Waals surface area contributed by atoms with Crippen LogP contribution in [0.15, 0.2) is 53.3 Å². The molecule has 0 radical (unpaired) electrons. The summed E-state index contributed by atoms with van der Waals surface area (Å²) in [5, 5.41) is 0. The molecule has 1 aromatic carbocycles. The van der Waals surface area contributed by atoms with Crippen LogP contribution < -0.4 is 0 Å². The lowest BCUT2D eigenvalue weighted by Gasteiger charge is -1.97. The number of furan rings is 1. The van der Waals surface area contributed by atoms with Gasteiger partial charge in [0, 0.05) is 6.42 Å². The number of carbonyl (C=O) groups excluding carboxylic acids is 1. The molecule has 0 aliphatic rings. The number of hydrogen-bond donors (Lipinski definition) is 0. The highest BCUT2D eigenvalue weighted by atomic mass is 16.3. The number of hydrogen-bond acceptors (Lipinski definition) is 2. The Morgan fingerprint density at radius 3 is 2.57 bits per heavy atom. The van der Waals surface area contributed by atoms with Crippen LogP contribution in [0.3, 0.4) is 0 Å². The minimum atomic E-state index is 0.0879. The summed E-state index contributed by atoms with van der Waals surface area (Å²) in [4.78, 5) is 11.6. The second kappa shape index (κ2) is 3.92. The Hall–Kier alpha value is -1.83. The molecule has 0 atom stereocenters. The molecular weight excluding hydrogens is 176 g/mol. The van der Waals surface area contributed by atoms with Crippen LogP contribution in [0.2, 0.25) is 0 Å². The summed E-state index contributed by atoms with van der Waals surface area (Å²) in [5.74, 6) is 0.0879. The lowest BCUT2D eigenvalue weighted by molar-refractivity contribution is 0.0992. The van der Waals surface area contributed by atoms with Gasteiger partial charge in [0.15, 0.2) is 5.78 Å². The molecule has 14 heavy (non-hydrogen) atoms. The Labute approximate surface area is 82.2 Å². The lowest BCUT2D eigenvalue weighted by Crippen LogP contribution is -2.01. The molecule has 0 unspecified atom stereocenters. The van der Waals surface area contributed by atoms with Crippen LogP contribution >= 0.6 is 0 Å². The lowest BCUT2D eigenvalue weighted by atomic mass is 10.1. The fourth-order valence-corrected chi connectivity index (χ4v) is 1.31. The molecule has 0 aliphatic carbocycles. The van der Waals surface area contributed by atoms with E-state index in [2.05, 4.69) is 0 Å². The van der Waals surface area contributed by atoms with Gasteiger partial charge in [-0.1, -0.05) is 30.3 Å². The standard InChI is InChI=1S/C12H10O2/c13-12(11-6-7-14-9-11)8-10-4-2-1-3-5-10/h1-7,9H,8H2. The fraction of sp³-hybridized carbons (Fsp3) is 0.0833. The van der Waals surface area contributed by atoms with E-state index in [1.54, 1.807) is 6.07 Å². The molecule has 1 aromatic heterocycles. The smallest absolute Gasteiger partial charge is 0.170 e. The van der Waals surface area contributed by atoms with Gasteiger partial charge in [-0.05, 0) is 11.6 Å². The normalized spacial score (nSPS) is 10.0. The largest absolute Gasteiger partial charge is 0.472 e. The maximum Gasteiger partial charge on any atom is 0.170 e.